The Bertz CT molecular complexity index is 175. The predicted molar refractivity (Wildman–Crippen MR) is 48.3 cm³/mol. The molecule has 1 N–H and O–H groups in total. The van der Waals surface area contributed by atoms with E-state index in [0.717, 1.165) is 25.7 Å². The highest BCUT2D eigenvalue weighted by Gasteiger charge is 2.23. The molecule has 0 aromatic heterocycles. The largest absolute Gasteiger partial charge is 0.328 e. The van der Waals surface area contributed by atoms with Gasteiger partial charge in [-0.3, -0.25) is 4.57 Å². The molecule has 0 spiro atoms. The lowest BCUT2D eigenvalue weighted by molar-refractivity contribution is 0.136. The third kappa shape index (κ3) is 3.26. The van der Waals surface area contributed by atoms with E-state index >= 15 is 0 Å². The summed E-state index contributed by atoms with van der Waals surface area (Å²) in [7, 11) is -3.24. The maximum Gasteiger partial charge on any atom is 0.328 e. The van der Waals surface area contributed by atoms with E-state index in [-0.39, 0.29) is 12.3 Å². The molecule has 1 atom stereocenters. The molecule has 0 aromatic rings. The van der Waals surface area contributed by atoms with Crippen LogP contribution in [0.3, 0.4) is 0 Å². The molecule has 1 unspecified atom stereocenters. The van der Waals surface area contributed by atoms with E-state index in [4.69, 9.17) is 4.52 Å². The smallest absolute Gasteiger partial charge is 0.324 e. The normalized spacial score (nSPS) is 25.2. The standard InChI is InChI=1S/C8H17O3P/c1-2-12(9,10)11-8-6-4-3-5-7-8/h8H,2-7H2,1H3,(H,9,10). The molecule has 0 heterocycles. The van der Waals surface area contributed by atoms with Gasteiger partial charge in [0.25, 0.3) is 0 Å². The Hall–Kier alpha value is 0.150. The van der Waals surface area contributed by atoms with Gasteiger partial charge < -0.3 is 9.42 Å². The molecule has 0 aromatic carbocycles. The van der Waals surface area contributed by atoms with Crippen LogP contribution in [-0.2, 0) is 9.09 Å². The second-order valence-corrected chi connectivity index (χ2v) is 5.44. The monoisotopic (exact) mass is 192 g/mol. The van der Waals surface area contributed by atoms with E-state index in [2.05, 4.69) is 0 Å². The zero-order valence-corrected chi connectivity index (χ0v) is 8.43. The minimum Gasteiger partial charge on any atom is -0.324 e. The Morgan fingerprint density at radius 3 is 2.50 bits per heavy atom. The molecule has 1 saturated carbocycles. The van der Waals surface area contributed by atoms with Crippen molar-refractivity contribution in [1.29, 1.82) is 0 Å². The maximum absolute atomic E-state index is 11.2. The summed E-state index contributed by atoms with van der Waals surface area (Å²) in [6, 6.07) is 0. The first kappa shape index (κ1) is 10.2. The van der Waals surface area contributed by atoms with Gasteiger partial charge in [0.1, 0.15) is 0 Å². The van der Waals surface area contributed by atoms with Crippen LogP contribution in [0.5, 0.6) is 0 Å². The minimum atomic E-state index is -3.24. The number of rotatable bonds is 3. The van der Waals surface area contributed by atoms with Gasteiger partial charge in [0.15, 0.2) is 0 Å². The summed E-state index contributed by atoms with van der Waals surface area (Å²) < 4.78 is 16.3. The van der Waals surface area contributed by atoms with Crippen LogP contribution < -0.4 is 0 Å². The Labute approximate surface area is 73.7 Å². The summed E-state index contributed by atoms with van der Waals surface area (Å²) in [4.78, 5) is 9.21. The molecule has 0 bridgehead atoms. The molecule has 1 aliphatic rings. The van der Waals surface area contributed by atoms with Crippen LogP contribution in [0, 0.1) is 0 Å². The van der Waals surface area contributed by atoms with Crippen molar-refractivity contribution in [2.75, 3.05) is 6.16 Å². The van der Waals surface area contributed by atoms with Gasteiger partial charge in [0.2, 0.25) is 0 Å². The fourth-order valence-electron chi connectivity index (χ4n) is 1.48. The molecule has 0 saturated heterocycles. The van der Waals surface area contributed by atoms with E-state index in [1.807, 2.05) is 0 Å². The quantitative estimate of drug-likeness (QED) is 0.699. The van der Waals surface area contributed by atoms with Crippen LogP contribution in [-0.4, -0.2) is 17.2 Å². The van der Waals surface area contributed by atoms with Gasteiger partial charge in [0, 0.05) is 6.16 Å². The van der Waals surface area contributed by atoms with Crippen LogP contribution in [0.15, 0.2) is 0 Å². The van der Waals surface area contributed by atoms with Crippen molar-refractivity contribution >= 4 is 7.60 Å². The van der Waals surface area contributed by atoms with Crippen molar-refractivity contribution in [2.24, 2.45) is 0 Å². The third-order valence-electron chi connectivity index (χ3n) is 2.27. The van der Waals surface area contributed by atoms with Crippen molar-refractivity contribution in [2.45, 2.75) is 45.1 Å². The lowest BCUT2D eigenvalue weighted by atomic mass is 9.98. The molecule has 3 nitrogen and oxygen atoms in total. The number of hydrogen-bond acceptors (Lipinski definition) is 2. The summed E-state index contributed by atoms with van der Waals surface area (Å²) in [5.74, 6) is 0. The van der Waals surface area contributed by atoms with Gasteiger partial charge in [-0.2, -0.15) is 0 Å². The summed E-state index contributed by atoms with van der Waals surface area (Å²) >= 11 is 0. The second-order valence-electron chi connectivity index (χ2n) is 3.32. The average Bonchev–Trinajstić information content (AvgIpc) is 2.06. The van der Waals surface area contributed by atoms with Crippen molar-refractivity contribution in [3.05, 3.63) is 0 Å². The van der Waals surface area contributed by atoms with Gasteiger partial charge in [-0.25, -0.2) is 0 Å². The first-order chi connectivity index (χ1) is 5.64. The molecule has 4 heteroatoms. The Kier molecular flexibility index (Phi) is 3.76. The lowest BCUT2D eigenvalue weighted by Gasteiger charge is -2.23. The molecule has 0 radical (unpaired) electrons. The summed E-state index contributed by atoms with van der Waals surface area (Å²) in [6.07, 6.45) is 5.66. The molecular weight excluding hydrogens is 175 g/mol. The van der Waals surface area contributed by atoms with Crippen LogP contribution in [0.25, 0.3) is 0 Å². The van der Waals surface area contributed by atoms with Crippen molar-refractivity contribution in [3.63, 3.8) is 0 Å². The zero-order chi connectivity index (χ0) is 9.03. The maximum atomic E-state index is 11.2. The lowest BCUT2D eigenvalue weighted by Crippen LogP contribution is -2.15. The van der Waals surface area contributed by atoms with Crippen molar-refractivity contribution < 1.29 is 14.0 Å². The van der Waals surface area contributed by atoms with Crippen molar-refractivity contribution in [3.8, 4) is 0 Å². The topological polar surface area (TPSA) is 46.5 Å². The Morgan fingerprint density at radius 1 is 1.42 bits per heavy atom. The SMILES string of the molecule is CCP(=O)(O)OC1CCCCC1. The molecule has 72 valence electrons. The molecule has 1 rings (SSSR count). The zero-order valence-electron chi connectivity index (χ0n) is 7.53. The molecule has 0 amide bonds. The van der Waals surface area contributed by atoms with Crippen LogP contribution >= 0.6 is 7.60 Å². The van der Waals surface area contributed by atoms with Gasteiger partial charge in [-0.05, 0) is 12.8 Å². The van der Waals surface area contributed by atoms with Crippen molar-refractivity contribution in [1.82, 2.24) is 0 Å². The van der Waals surface area contributed by atoms with E-state index in [0.29, 0.717) is 0 Å². The van der Waals surface area contributed by atoms with Gasteiger partial charge in [-0.1, -0.05) is 26.2 Å². The van der Waals surface area contributed by atoms with Gasteiger partial charge in [-0.15, -0.1) is 0 Å². The van der Waals surface area contributed by atoms with Crippen LogP contribution in [0.2, 0.25) is 0 Å². The van der Waals surface area contributed by atoms with Crippen LogP contribution in [0.1, 0.15) is 39.0 Å². The fourth-order valence-corrected chi connectivity index (χ4v) is 2.30. The molecule has 12 heavy (non-hydrogen) atoms. The third-order valence-corrected chi connectivity index (χ3v) is 3.69. The summed E-state index contributed by atoms with van der Waals surface area (Å²) in [5, 5.41) is 0. The highest BCUT2D eigenvalue weighted by atomic mass is 31.2. The Balaban J connectivity index is 2.34. The van der Waals surface area contributed by atoms with E-state index in [1.54, 1.807) is 6.92 Å². The van der Waals surface area contributed by atoms with Crippen LogP contribution in [0.4, 0.5) is 0 Å². The highest BCUT2D eigenvalue weighted by molar-refractivity contribution is 7.52. The predicted octanol–water partition coefficient (Wildman–Crippen LogP) is 2.54. The Morgan fingerprint density at radius 2 is 2.00 bits per heavy atom. The summed E-state index contributed by atoms with van der Waals surface area (Å²) in [5.41, 5.74) is 0. The fraction of sp³-hybridized carbons (Fsp3) is 1.00. The first-order valence-electron chi connectivity index (χ1n) is 4.64. The van der Waals surface area contributed by atoms with Gasteiger partial charge >= 0.3 is 7.60 Å². The van der Waals surface area contributed by atoms with E-state index in [1.165, 1.54) is 6.42 Å². The molecule has 0 aliphatic heterocycles. The number of hydrogen-bond donors (Lipinski definition) is 1. The molecule has 1 aliphatic carbocycles. The second kappa shape index (κ2) is 4.40. The first-order valence-corrected chi connectivity index (χ1v) is 6.40. The minimum absolute atomic E-state index is 0.0366. The van der Waals surface area contributed by atoms with E-state index in [9.17, 15) is 9.46 Å². The molecule has 1 fully saturated rings. The van der Waals surface area contributed by atoms with Gasteiger partial charge in [0.05, 0.1) is 6.10 Å². The average molecular weight is 192 g/mol. The van der Waals surface area contributed by atoms with E-state index < -0.39 is 7.60 Å². The summed E-state index contributed by atoms with van der Waals surface area (Å²) in [6.45, 7) is 1.68. The highest BCUT2D eigenvalue weighted by Crippen LogP contribution is 2.44. The molecular formula is C8H17O3P.